The van der Waals surface area contributed by atoms with Gasteiger partial charge < -0.3 is 9.47 Å². The summed E-state index contributed by atoms with van der Waals surface area (Å²) in [6.07, 6.45) is 1.73. The van der Waals surface area contributed by atoms with Gasteiger partial charge in [-0.15, -0.1) is 0 Å². The Labute approximate surface area is 191 Å². The van der Waals surface area contributed by atoms with Gasteiger partial charge in [-0.25, -0.2) is 0 Å². The molecule has 0 N–H and O–H groups in total. The van der Waals surface area contributed by atoms with Gasteiger partial charge in [-0.05, 0) is 65.7 Å². The summed E-state index contributed by atoms with van der Waals surface area (Å²) in [5.74, 6) is 1.17. The topological polar surface area (TPSA) is 55.8 Å². The zero-order valence-electron chi connectivity index (χ0n) is 17.7. The minimum Gasteiger partial charge on any atom is -0.492 e. The predicted molar refractivity (Wildman–Crippen MR) is 127 cm³/mol. The van der Waals surface area contributed by atoms with Crippen molar-refractivity contribution in [3.8, 4) is 11.5 Å². The molecule has 0 atom stereocenters. The van der Waals surface area contributed by atoms with E-state index in [1.807, 2.05) is 85.8 Å². The van der Waals surface area contributed by atoms with E-state index in [1.54, 1.807) is 6.08 Å². The number of imide groups is 1. The Kier molecular flexibility index (Phi) is 6.92. The molecule has 0 aromatic heterocycles. The highest BCUT2D eigenvalue weighted by molar-refractivity contribution is 8.18. The van der Waals surface area contributed by atoms with Crippen LogP contribution in [-0.2, 0) is 11.4 Å². The average Bonchev–Trinajstić information content (AvgIpc) is 3.07. The fourth-order valence-corrected chi connectivity index (χ4v) is 4.07. The Balaban J connectivity index is 1.32. The Morgan fingerprint density at radius 1 is 0.875 bits per heavy atom. The molecule has 2 amide bonds. The largest absolute Gasteiger partial charge is 0.492 e. The number of rotatable bonds is 8. The fraction of sp³-hybridized carbons (Fsp3) is 0.154. The van der Waals surface area contributed by atoms with Crippen molar-refractivity contribution in [1.82, 2.24) is 4.90 Å². The molecule has 6 heteroatoms. The molecule has 0 unspecified atom stereocenters. The van der Waals surface area contributed by atoms with Gasteiger partial charge in [0.05, 0.1) is 11.4 Å². The predicted octanol–water partition coefficient (Wildman–Crippen LogP) is 5.69. The highest BCUT2D eigenvalue weighted by atomic mass is 32.2. The summed E-state index contributed by atoms with van der Waals surface area (Å²) >= 11 is 0.949. The van der Waals surface area contributed by atoms with Crippen molar-refractivity contribution in [2.75, 3.05) is 13.2 Å². The Bertz CT molecular complexity index is 1130. The van der Waals surface area contributed by atoms with Crippen LogP contribution in [0.15, 0.2) is 83.8 Å². The molecule has 162 valence electrons. The van der Waals surface area contributed by atoms with E-state index in [2.05, 4.69) is 0 Å². The maximum Gasteiger partial charge on any atom is 0.293 e. The number of thioether (sulfide) groups is 1. The van der Waals surface area contributed by atoms with Crippen molar-refractivity contribution in [2.24, 2.45) is 0 Å². The van der Waals surface area contributed by atoms with E-state index in [4.69, 9.17) is 9.47 Å². The van der Waals surface area contributed by atoms with Crippen molar-refractivity contribution in [2.45, 2.75) is 13.5 Å². The lowest BCUT2D eigenvalue weighted by atomic mass is 10.2. The number of aryl methyl sites for hydroxylation is 1. The number of hydrogen-bond donors (Lipinski definition) is 0. The van der Waals surface area contributed by atoms with Gasteiger partial charge in [-0.2, -0.15) is 0 Å². The van der Waals surface area contributed by atoms with E-state index in [9.17, 15) is 9.59 Å². The monoisotopic (exact) mass is 445 g/mol. The molecule has 0 radical (unpaired) electrons. The number of hydrogen-bond acceptors (Lipinski definition) is 5. The first-order valence-electron chi connectivity index (χ1n) is 10.3. The van der Waals surface area contributed by atoms with E-state index in [0.29, 0.717) is 11.5 Å². The van der Waals surface area contributed by atoms with Crippen LogP contribution in [0.4, 0.5) is 4.79 Å². The third-order valence-electron chi connectivity index (χ3n) is 4.87. The minimum atomic E-state index is -0.294. The summed E-state index contributed by atoms with van der Waals surface area (Å²) < 4.78 is 11.5. The lowest BCUT2D eigenvalue weighted by Gasteiger charge is -2.13. The van der Waals surface area contributed by atoms with Gasteiger partial charge in [-0.1, -0.05) is 54.6 Å². The average molecular weight is 446 g/mol. The first kappa shape index (κ1) is 21.7. The standard InChI is InChI=1S/C26H23NO4S/c1-19-6-5-9-23(16-19)30-15-14-27-25(28)24(32-26(27)29)17-20-10-12-22(13-11-20)31-18-21-7-3-2-4-8-21/h2-13,16-17H,14-15,18H2,1H3/b24-17-. The molecule has 32 heavy (non-hydrogen) atoms. The van der Waals surface area contributed by atoms with E-state index >= 15 is 0 Å². The molecule has 5 nitrogen and oxygen atoms in total. The molecular formula is C26H23NO4S. The molecule has 1 aliphatic rings. The number of benzene rings is 3. The van der Waals surface area contributed by atoms with Crippen molar-refractivity contribution in [3.63, 3.8) is 0 Å². The smallest absolute Gasteiger partial charge is 0.293 e. The molecule has 0 saturated carbocycles. The van der Waals surface area contributed by atoms with Gasteiger partial charge >= 0.3 is 0 Å². The zero-order chi connectivity index (χ0) is 22.3. The second kappa shape index (κ2) is 10.2. The van der Waals surface area contributed by atoms with Crippen LogP contribution in [0.25, 0.3) is 6.08 Å². The van der Waals surface area contributed by atoms with E-state index in [0.717, 1.165) is 40.0 Å². The molecule has 4 rings (SSSR count). The van der Waals surface area contributed by atoms with Gasteiger partial charge in [0.25, 0.3) is 11.1 Å². The highest BCUT2D eigenvalue weighted by Gasteiger charge is 2.34. The Hall–Kier alpha value is -3.51. The van der Waals surface area contributed by atoms with Crippen molar-refractivity contribution >= 4 is 29.0 Å². The maximum atomic E-state index is 12.7. The molecule has 1 aliphatic heterocycles. The van der Waals surface area contributed by atoms with Crippen LogP contribution in [0.3, 0.4) is 0 Å². The van der Waals surface area contributed by atoms with Crippen LogP contribution in [0.1, 0.15) is 16.7 Å². The fourth-order valence-electron chi connectivity index (χ4n) is 3.21. The lowest BCUT2D eigenvalue weighted by Crippen LogP contribution is -2.32. The van der Waals surface area contributed by atoms with Crippen LogP contribution in [-0.4, -0.2) is 29.2 Å². The summed E-state index contributed by atoms with van der Waals surface area (Å²) in [5, 5.41) is -0.281. The molecular weight excluding hydrogens is 422 g/mol. The summed E-state index contributed by atoms with van der Waals surface area (Å²) in [6.45, 7) is 2.93. The van der Waals surface area contributed by atoms with Gasteiger partial charge in [-0.3, -0.25) is 14.5 Å². The second-order valence-electron chi connectivity index (χ2n) is 7.34. The van der Waals surface area contributed by atoms with Gasteiger partial charge in [0.1, 0.15) is 24.7 Å². The van der Waals surface area contributed by atoms with E-state index in [-0.39, 0.29) is 24.3 Å². The third kappa shape index (κ3) is 5.59. The number of amides is 2. The van der Waals surface area contributed by atoms with Crippen LogP contribution < -0.4 is 9.47 Å². The quantitative estimate of drug-likeness (QED) is 0.417. The second-order valence-corrected chi connectivity index (χ2v) is 8.33. The van der Waals surface area contributed by atoms with Crippen molar-refractivity contribution in [1.29, 1.82) is 0 Å². The summed E-state index contributed by atoms with van der Waals surface area (Å²) in [5.41, 5.74) is 3.02. The molecule has 0 bridgehead atoms. The SMILES string of the molecule is Cc1cccc(OCCN2C(=O)S/C(=C\c3ccc(OCc4ccccc4)cc3)C2=O)c1. The van der Waals surface area contributed by atoms with Crippen molar-refractivity contribution < 1.29 is 19.1 Å². The first-order valence-corrected chi connectivity index (χ1v) is 11.1. The minimum absolute atomic E-state index is 0.211. The van der Waals surface area contributed by atoms with Crippen LogP contribution in [0, 0.1) is 6.92 Å². The zero-order valence-corrected chi connectivity index (χ0v) is 18.5. The molecule has 1 fully saturated rings. The summed E-state index contributed by atoms with van der Waals surface area (Å²) in [4.78, 5) is 26.6. The van der Waals surface area contributed by atoms with Crippen LogP contribution in [0.2, 0.25) is 0 Å². The summed E-state index contributed by atoms with van der Waals surface area (Å²) in [7, 11) is 0. The van der Waals surface area contributed by atoms with Gasteiger partial charge in [0.2, 0.25) is 0 Å². The molecule has 0 spiro atoms. The summed E-state index contributed by atoms with van der Waals surface area (Å²) in [6, 6.07) is 25.1. The number of nitrogens with zero attached hydrogens (tertiary/aromatic N) is 1. The normalized spacial score (nSPS) is 14.8. The van der Waals surface area contributed by atoms with E-state index in [1.165, 1.54) is 4.90 Å². The Morgan fingerprint density at radius 2 is 1.66 bits per heavy atom. The number of carbonyl (C=O) groups is 2. The van der Waals surface area contributed by atoms with Gasteiger partial charge in [0, 0.05) is 0 Å². The third-order valence-corrected chi connectivity index (χ3v) is 5.78. The lowest BCUT2D eigenvalue weighted by molar-refractivity contribution is -0.123. The maximum absolute atomic E-state index is 12.7. The van der Waals surface area contributed by atoms with E-state index < -0.39 is 0 Å². The molecule has 1 saturated heterocycles. The molecule has 1 heterocycles. The highest BCUT2D eigenvalue weighted by Crippen LogP contribution is 2.32. The number of carbonyl (C=O) groups excluding carboxylic acids is 2. The first-order chi connectivity index (χ1) is 15.6. The van der Waals surface area contributed by atoms with Crippen LogP contribution in [0.5, 0.6) is 11.5 Å². The van der Waals surface area contributed by atoms with Gasteiger partial charge in [0.15, 0.2) is 0 Å². The molecule has 0 aliphatic carbocycles. The Morgan fingerprint density at radius 3 is 2.41 bits per heavy atom. The molecule has 3 aromatic rings. The number of ether oxygens (including phenoxy) is 2. The van der Waals surface area contributed by atoms with Crippen LogP contribution >= 0.6 is 11.8 Å². The van der Waals surface area contributed by atoms with Crippen molar-refractivity contribution in [3.05, 3.63) is 100 Å². The molecule has 3 aromatic carbocycles.